The number of halogens is 1. The van der Waals surface area contributed by atoms with Crippen molar-refractivity contribution in [2.24, 2.45) is 0 Å². The summed E-state index contributed by atoms with van der Waals surface area (Å²) >= 11 is 3.39. The molecule has 0 aliphatic heterocycles. The van der Waals surface area contributed by atoms with Crippen LogP contribution in [0.5, 0.6) is 0 Å². The van der Waals surface area contributed by atoms with Crippen LogP contribution < -0.4 is 0 Å². The van der Waals surface area contributed by atoms with Crippen molar-refractivity contribution in [2.45, 2.75) is 0 Å². The Bertz CT molecular complexity index is 1130. The summed E-state index contributed by atoms with van der Waals surface area (Å²) in [7, 11) is 0. The molecule has 120 valence electrons. The van der Waals surface area contributed by atoms with E-state index in [1.54, 1.807) is 18.3 Å². The zero-order valence-corrected chi connectivity index (χ0v) is 14.5. The van der Waals surface area contributed by atoms with E-state index in [0.29, 0.717) is 16.8 Å². The summed E-state index contributed by atoms with van der Waals surface area (Å²) in [6.07, 6.45) is 1.55. The second-order valence-electron chi connectivity index (χ2n) is 5.52. The number of nitriles is 1. The molecule has 0 bridgehead atoms. The summed E-state index contributed by atoms with van der Waals surface area (Å²) in [5.74, 6) is 0.539. The average Bonchev–Trinajstić information content (AvgIpc) is 3.27. The first-order chi connectivity index (χ1) is 12.2. The van der Waals surface area contributed by atoms with E-state index in [0.717, 1.165) is 15.4 Å². The zero-order valence-electron chi connectivity index (χ0n) is 12.9. The number of nitrogens with zero attached hydrogens (tertiary/aromatic N) is 2. The third kappa shape index (κ3) is 2.67. The van der Waals surface area contributed by atoms with Crippen molar-refractivity contribution >= 4 is 32.7 Å². The normalized spacial score (nSPS) is 10.7. The van der Waals surface area contributed by atoms with Gasteiger partial charge in [0.05, 0.1) is 11.1 Å². The minimum atomic E-state index is -0.305. The molecular weight excluding hydrogens is 380 g/mol. The molecule has 2 aromatic heterocycles. The first-order valence-corrected chi connectivity index (χ1v) is 8.37. The lowest BCUT2D eigenvalue weighted by Crippen LogP contribution is -2.09. The van der Waals surface area contributed by atoms with Crippen molar-refractivity contribution in [3.05, 3.63) is 82.7 Å². The van der Waals surface area contributed by atoms with E-state index in [9.17, 15) is 10.1 Å². The Kier molecular flexibility index (Phi) is 3.75. The van der Waals surface area contributed by atoms with Gasteiger partial charge < -0.3 is 4.42 Å². The maximum absolute atomic E-state index is 12.8. The topological polar surface area (TPSA) is 58.9 Å². The molecule has 4 rings (SSSR count). The highest BCUT2D eigenvalue weighted by molar-refractivity contribution is 9.10. The summed E-state index contributed by atoms with van der Waals surface area (Å²) in [6, 6.07) is 20.5. The van der Waals surface area contributed by atoms with E-state index in [1.165, 1.54) is 4.57 Å². The molecule has 0 saturated heterocycles. The van der Waals surface area contributed by atoms with Crippen LogP contribution in [0.25, 0.3) is 22.2 Å². The van der Waals surface area contributed by atoms with Crippen molar-refractivity contribution in [2.75, 3.05) is 0 Å². The highest BCUT2D eigenvalue weighted by Gasteiger charge is 2.18. The molecule has 0 amide bonds. The predicted octanol–water partition coefficient (Wildman–Crippen LogP) is 5.22. The standard InChI is InChI=1S/C20H11BrN2O2/c21-15-7-5-13(6-8-15)18-9-10-19(25-18)20(24)23-12-14(11-22)16-3-1-2-4-17(16)23/h1-10,12H. The molecule has 0 atom stereocenters. The molecule has 4 nitrogen and oxygen atoms in total. The Morgan fingerprint density at radius 3 is 2.56 bits per heavy atom. The van der Waals surface area contributed by atoms with E-state index in [-0.39, 0.29) is 11.7 Å². The Labute approximate surface area is 152 Å². The third-order valence-electron chi connectivity index (χ3n) is 4.00. The number of hydrogen-bond donors (Lipinski definition) is 0. The lowest BCUT2D eigenvalue weighted by molar-refractivity contribution is 0.0938. The molecule has 0 unspecified atom stereocenters. The van der Waals surface area contributed by atoms with E-state index in [4.69, 9.17) is 4.42 Å². The maximum atomic E-state index is 12.8. The molecule has 0 saturated carbocycles. The summed E-state index contributed by atoms with van der Waals surface area (Å²) in [6.45, 7) is 0. The number of para-hydroxylation sites is 1. The van der Waals surface area contributed by atoms with Gasteiger partial charge in [-0.3, -0.25) is 9.36 Å². The minimum absolute atomic E-state index is 0.225. The molecule has 0 aliphatic carbocycles. The van der Waals surface area contributed by atoms with Gasteiger partial charge in [0.1, 0.15) is 11.8 Å². The second kappa shape index (κ2) is 6.08. The molecule has 2 aromatic carbocycles. The van der Waals surface area contributed by atoms with Gasteiger partial charge in [-0.05, 0) is 30.3 Å². The number of hydrogen-bond acceptors (Lipinski definition) is 3. The molecular formula is C20H11BrN2O2. The summed E-state index contributed by atoms with van der Waals surface area (Å²) in [5, 5.41) is 10.0. The van der Waals surface area contributed by atoms with Crippen LogP contribution in [0.15, 0.2) is 75.8 Å². The zero-order chi connectivity index (χ0) is 17.4. The van der Waals surface area contributed by atoms with E-state index < -0.39 is 0 Å². The molecule has 0 fully saturated rings. The van der Waals surface area contributed by atoms with Crippen LogP contribution in [0.3, 0.4) is 0 Å². The highest BCUT2D eigenvalue weighted by Crippen LogP contribution is 2.26. The third-order valence-corrected chi connectivity index (χ3v) is 4.53. The number of fused-ring (bicyclic) bond motifs is 1. The number of carbonyl (C=O) groups excluding carboxylic acids is 1. The molecule has 0 N–H and O–H groups in total. The van der Waals surface area contributed by atoms with Crippen molar-refractivity contribution in [3.63, 3.8) is 0 Å². The highest BCUT2D eigenvalue weighted by atomic mass is 79.9. The van der Waals surface area contributed by atoms with Gasteiger partial charge in [-0.2, -0.15) is 5.26 Å². The van der Waals surface area contributed by atoms with Crippen LogP contribution >= 0.6 is 15.9 Å². The first-order valence-electron chi connectivity index (χ1n) is 7.58. The fourth-order valence-electron chi connectivity index (χ4n) is 2.78. The van der Waals surface area contributed by atoms with Crippen LogP contribution in [-0.2, 0) is 0 Å². The number of rotatable bonds is 2. The largest absolute Gasteiger partial charge is 0.451 e. The summed E-state index contributed by atoms with van der Waals surface area (Å²) in [5.41, 5.74) is 2.03. The van der Waals surface area contributed by atoms with Gasteiger partial charge in [0, 0.05) is 21.6 Å². The van der Waals surface area contributed by atoms with E-state index in [1.807, 2.05) is 48.5 Å². The van der Waals surface area contributed by atoms with E-state index in [2.05, 4.69) is 22.0 Å². The Morgan fingerprint density at radius 2 is 1.80 bits per heavy atom. The van der Waals surface area contributed by atoms with Gasteiger partial charge in [0.2, 0.25) is 0 Å². The average molecular weight is 391 g/mol. The van der Waals surface area contributed by atoms with Crippen LogP contribution in [-0.4, -0.2) is 10.5 Å². The Hall–Kier alpha value is -3.10. The fraction of sp³-hybridized carbons (Fsp3) is 0. The quantitative estimate of drug-likeness (QED) is 0.471. The monoisotopic (exact) mass is 390 g/mol. The summed E-state index contributed by atoms with van der Waals surface area (Å²) < 4.78 is 8.18. The molecule has 2 heterocycles. The van der Waals surface area contributed by atoms with Crippen molar-refractivity contribution in [1.82, 2.24) is 4.57 Å². The summed E-state index contributed by atoms with van der Waals surface area (Å²) in [4.78, 5) is 12.8. The van der Waals surface area contributed by atoms with E-state index >= 15 is 0 Å². The Balaban J connectivity index is 1.75. The van der Waals surface area contributed by atoms with Gasteiger partial charge in [0.25, 0.3) is 5.91 Å². The lowest BCUT2D eigenvalue weighted by Gasteiger charge is -2.01. The number of aromatic nitrogens is 1. The van der Waals surface area contributed by atoms with Gasteiger partial charge in [-0.1, -0.05) is 46.3 Å². The minimum Gasteiger partial charge on any atom is -0.451 e. The van der Waals surface area contributed by atoms with Crippen LogP contribution in [0, 0.1) is 11.3 Å². The fourth-order valence-corrected chi connectivity index (χ4v) is 3.04. The SMILES string of the molecule is N#Cc1cn(C(=O)c2ccc(-c3ccc(Br)cc3)o2)c2ccccc12. The van der Waals surface area contributed by atoms with Crippen LogP contribution in [0.1, 0.15) is 16.1 Å². The molecule has 0 radical (unpaired) electrons. The molecule has 0 aliphatic rings. The predicted molar refractivity (Wildman–Crippen MR) is 98.2 cm³/mol. The van der Waals surface area contributed by atoms with Crippen LogP contribution in [0.4, 0.5) is 0 Å². The first kappa shape index (κ1) is 15.4. The molecule has 25 heavy (non-hydrogen) atoms. The number of furan rings is 1. The van der Waals surface area contributed by atoms with Gasteiger partial charge in [0.15, 0.2) is 5.76 Å². The number of benzene rings is 2. The smallest absolute Gasteiger partial charge is 0.298 e. The van der Waals surface area contributed by atoms with Gasteiger partial charge in [-0.25, -0.2) is 0 Å². The molecule has 5 heteroatoms. The Morgan fingerprint density at radius 1 is 1.04 bits per heavy atom. The lowest BCUT2D eigenvalue weighted by atomic mass is 10.2. The second-order valence-corrected chi connectivity index (χ2v) is 6.43. The van der Waals surface area contributed by atoms with Crippen LogP contribution in [0.2, 0.25) is 0 Å². The van der Waals surface area contributed by atoms with Crippen molar-refractivity contribution in [3.8, 4) is 17.4 Å². The molecule has 0 spiro atoms. The maximum Gasteiger partial charge on any atom is 0.298 e. The number of carbonyl (C=O) groups is 1. The van der Waals surface area contributed by atoms with Gasteiger partial charge in [-0.15, -0.1) is 0 Å². The van der Waals surface area contributed by atoms with Crippen molar-refractivity contribution in [1.29, 1.82) is 5.26 Å². The van der Waals surface area contributed by atoms with Crippen molar-refractivity contribution < 1.29 is 9.21 Å². The molecule has 4 aromatic rings. The van der Waals surface area contributed by atoms with Gasteiger partial charge >= 0.3 is 0 Å².